The van der Waals surface area contributed by atoms with Gasteiger partial charge >= 0.3 is 0 Å². The van der Waals surface area contributed by atoms with Crippen LogP contribution in [-0.2, 0) is 0 Å². The van der Waals surface area contributed by atoms with E-state index in [4.69, 9.17) is 4.74 Å². The Balaban J connectivity index is 2.24. The van der Waals surface area contributed by atoms with Gasteiger partial charge in [0.15, 0.2) is 6.29 Å². The van der Waals surface area contributed by atoms with Gasteiger partial charge in [0.25, 0.3) is 11.6 Å². The second kappa shape index (κ2) is 5.87. The lowest BCUT2D eigenvalue weighted by atomic mass is 10.2. The molecule has 0 saturated heterocycles. The fraction of sp³-hybridized carbons (Fsp3) is 0.0769. The van der Waals surface area contributed by atoms with Crippen molar-refractivity contribution < 1.29 is 19.2 Å². The highest BCUT2D eigenvalue weighted by Crippen LogP contribution is 2.29. The van der Waals surface area contributed by atoms with Gasteiger partial charge < -0.3 is 15.0 Å². The number of aromatic amines is 1. The molecule has 0 aliphatic carbocycles. The second-order valence-corrected chi connectivity index (χ2v) is 4.04. The number of anilines is 1. The van der Waals surface area contributed by atoms with Gasteiger partial charge in [-0.3, -0.25) is 19.7 Å². The zero-order valence-corrected chi connectivity index (χ0v) is 11.0. The Labute approximate surface area is 118 Å². The molecule has 0 spiro atoms. The van der Waals surface area contributed by atoms with Crippen molar-refractivity contribution in [3.63, 3.8) is 0 Å². The summed E-state index contributed by atoms with van der Waals surface area (Å²) in [5, 5.41) is 13.2. The van der Waals surface area contributed by atoms with Crippen molar-refractivity contribution in [2.24, 2.45) is 0 Å². The molecule has 0 saturated carbocycles. The number of ether oxygens (including phenoxy) is 1. The molecule has 8 nitrogen and oxygen atoms in total. The maximum atomic E-state index is 12.0. The van der Waals surface area contributed by atoms with Gasteiger partial charge in [-0.05, 0) is 18.2 Å². The minimum absolute atomic E-state index is 0.145. The summed E-state index contributed by atoms with van der Waals surface area (Å²) < 4.78 is 5.01. The summed E-state index contributed by atoms with van der Waals surface area (Å²) in [4.78, 5) is 35.3. The van der Waals surface area contributed by atoms with Crippen molar-refractivity contribution in [3.05, 3.63) is 51.8 Å². The molecular formula is C13H11N3O5. The van der Waals surface area contributed by atoms with Crippen LogP contribution < -0.4 is 10.1 Å². The molecular weight excluding hydrogens is 278 g/mol. The van der Waals surface area contributed by atoms with Crippen LogP contribution in [0.15, 0.2) is 30.3 Å². The number of methoxy groups -OCH3 is 1. The van der Waals surface area contributed by atoms with Gasteiger partial charge in [0, 0.05) is 6.07 Å². The number of amides is 1. The number of carbonyl (C=O) groups is 2. The lowest BCUT2D eigenvalue weighted by Gasteiger charge is -2.09. The van der Waals surface area contributed by atoms with E-state index in [2.05, 4.69) is 10.3 Å². The molecule has 0 radical (unpaired) electrons. The van der Waals surface area contributed by atoms with Crippen molar-refractivity contribution in [2.75, 3.05) is 12.4 Å². The SMILES string of the molecule is COc1cc([N+](=O)[O-])ccc1NC(=O)c1ccc(C=O)[nH]1. The first kappa shape index (κ1) is 14.3. The number of nitrogens with one attached hydrogen (secondary N) is 2. The van der Waals surface area contributed by atoms with Gasteiger partial charge in [0.1, 0.15) is 11.4 Å². The lowest BCUT2D eigenvalue weighted by Crippen LogP contribution is -2.13. The minimum atomic E-state index is -0.560. The van der Waals surface area contributed by atoms with Gasteiger partial charge in [0.2, 0.25) is 0 Å². The number of nitro groups is 1. The van der Waals surface area contributed by atoms with E-state index < -0.39 is 10.8 Å². The summed E-state index contributed by atoms with van der Waals surface area (Å²) in [5.74, 6) is -0.324. The van der Waals surface area contributed by atoms with Crippen LogP contribution in [0.1, 0.15) is 21.0 Å². The van der Waals surface area contributed by atoms with E-state index in [0.717, 1.165) is 0 Å². The third kappa shape index (κ3) is 3.06. The first-order valence-corrected chi connectivity index (χ1v) is 5.83. The predicted octanol–water partition coefficient (Wildman–Crippen LogP) is 2.00. The summed E-state index contributed by atoms with van der Waals surface area (Å²) in [5.41, 5.74) is 0.608. The first-order valence-electron chi connectivity index (χ1n) is 5.83. The highest BCUT2D eigenvalue weighted by Gasteiger charge is 2.15. The molecule has 21 heavy (non-hydrogen) atoms. The quantitative estimate of drug-likeness (QED) is 0.496. The third-order valence-electron chi connectivity index (χ3n) is 2.72. The number of nitro benzene ring substituents is 1. The largest absolute Gasteiger partial charge is 0.494 e. The molecule has 1 heterocycles. The molecule has 0 fully saturated rings. The molecule has 2 N–H and O–H groups in total. The van der Waals surface area contributed by atoms with Crippen LogP contribution in [0, 0.1) is 10.1 Å². The topological polar surface area (TPSA) is 114 Å². The maximum absolute atomic E-state index is 12.0. The normalized spacial score (nSPS) is 9.95. The number of benzene rings is 1. The fourth-order valence-electron chi connectivity index (χ4n) is 1.70. The standard InChI is InChI=1S/C13H11N3O5/c1-21-12-6-9(16(19)20)3-5-10(12)15-13(18)11-4-2-8(7-17)14-11/h2-7,14H,1H3,(H,15,18). The second-order valence-electron chi connectivity index (χ2n) is 4.04. The number of aromatic nitrogens is 1. The van der Waals surface area contributed by atoms with E-state index in [-0.39, 0.29) is 28.5 Å². The molecule has 1 amide bonds. The number of aldehydes is 1. The minimum Gasteiger partial charge on any atom is -0.494 e. The summed E-state index contributed by atoms with van der Waals surface area (Å²) in [6.07, 6.45) is 0.587. The molecule has 0 aliphatic heterocycles. The van der Waals surface area contributed by atoms with Crippen LogP contribution in [0.2, 0.25) is 0 Å². The highest BCUT2D eigenvalue weighted by molar-refractivity contribution is 6.04. The van der Waals surface area contributed by atoms with Gasteiger partial charge in [-0.1, -0.05) is 0 Å². The molecule has 0 atom stereocenters. The number of hydrogen-bond acceptors (Lipinski definition) is 5. The molecule has 8 heteroatoms. The number of hydrogen-bond donors (Lipinski definition) is 2. The Morgan fingerprint density at radius 1 is 1.38 bits per heavy atom. The molecule has 0 aliphatic rings. The van der Waals surface area contributed by atoms with Gasteiger partial charge in [-0.2, -0.15) is 0 Å². The van der Waals surface area contributed by atoms with Crippen LogP contribution in [0.5, 0.6) is 5.75 Å². The van der Waals surface area contributed by atoms with E-state index in [0.29, 0.717) is 6.29 Å². The number of rotatable bonds is 5. The zero-order valence-electron chi connectivity index (χ0n) is 11.0. The summed E-state index contributed by atoms with van der Waals surface area (Å²) >= 11 is 0. The Kier molecular flexibility index (Phi) is 3.98. The number of H-pyrrole nitrogens is 1. The smallest absolute Gasteiger partial charge is 0.273 e. The summed E-state index contributed by atoms with van der Waals surface area (Å²) in [7, 11) is 1.34. The molecule has 108 valence electrons. The van der Waals surface area contributed by atoms with Crippen LogP contribution >= 0.6 is 0 Å². The predicted molar refractivity (Wildman–Crippen MR) is 73.8 cm³/mol. The molecule has 1 aromatic carbocycles. The molecule has 2 rings (SSSR count). The average molecular weight is 289 g/mol. The fourth-order valence-corrected chi connectivity index (χ4v) is 1.70. The van der Waals surface area contributed by atoms with Crippen molar-refractivity contribution in [3.8, 4) is 5.75 Å². The van der Waals surface area contributed by atoms with Crippen molar-refractivity contribution in [2.45, 2.75) is 0 Å². The lowest BCUT2D eigenvalue weighted by molar-refractivity contribution is -0.384. The van der Waals surface area contributed by atoms with E-state index in [1.54, 1.807) is 0 Å². The Hall–Kier alpha value is -3.16. The maximum Gasteiger partial charge on any atom is 0.273 e. The van der Waals surface area contributed by atoms with Crippen molar-refractivity contribution in [1.82, 2.24) is 4.98 Å². The van der Waals surface area contributed by atoms with E-state index in [1.807, 2.05) is 0 Å². The van der Waals surface area contributed by atoms with E-state index in [1.165, 1.54) is 37.4 Å². The monoisotopic (exact) mass is 289 g/mol. The summed E-state index contributed by atoms with van der Waals surface area (Å²) in [6, 6.07) is 6.76. The van der Waals surface area contributed by atoms with Gasteiger partial charge in [0.05, 0.1) is 29.5 Å². The highest BCUT2D eigenvalue weighted by atomic mass is 16.6. The molecule has 2 aromatic rings. The average Bonchev–Trinajstić information content (AvgIpc) is 2.96. The van der Waals surface area contributed by atoms with E-state index >= 15 is 0 Å². The number of carbonyl (C=O) groups excluding carboxylic acids is 2. The van der Waals surface area contributed by atoms with Crippen molar-refractivity contribution in [1.29, 1.82) is 0 Å². The molecule has 0 unspecified atom stereocenters. The van der Waals surface area contributed by atoms with E-state index in [9.17, 15) is 19.7 Å². The number of nitrogens with zero attached hydrogens (tertiary/aromatic N) is 1. The van der Waals surface area contributed by atoms with Gasteiger partial charge in [-0.15, -0.1) is 0 Å². The van der Waals surface area contributed by atoms with Gasteiger partial charge in [-0.25, -0.2) is 0 Å². The Bertz CT molecular complexity index is 708. The first-order chi connectivity index (χ1) is 10.0. The molecule has 0 bridgehead atoms. The van der Waals surface area contributed by atoms with Crippen LogP contribution in [0.3, 0.4) is 0 Å². The van der Waals surface area contributed by atoms with Crippen LogP contribution in [0.25, 0.3) is 0 Å². The molecule has 1 aromatic heterocycles. The zero-order chi connectivity index (χ0) is 15.4. The van der Waals surface area contributed by atoms with Crippen LogP contribution in [-0.4, -0.2) is 29.2 Å². The van der Waals surface area contributed by atoms with Crippen LogP contribution in [0.4, 0.5) is 11.4 Å². The Morgan fingerprint density at radius 2 is 2.14 bits per heavy atom. The Morgan fingerprint density at radius 3 is 2.71 bits per heavy atom. The number of non-ortho nitro benzene ring substituents is 1. The summed E-state index contributed by atoms with van der Waals surface area (Å²) in [6.45, 7) is 0. The third-order valence-corrected chi connectivity index (χ3v) is 2.72. The van der Waals surface area contributed by atoms with Crippen molar-refractivity contribution >= 4 is 23.6 Å².